The Balaban J connectivity index is 1.70. The number of anilines is 2. The molecule has 0 saturated carbocycles. The Morgan fingerprint density at radius 1 is 0.720 bits per heavy atom. The van der Waals surface area contributed by atoms with E-state index in [1.165, 1.54) is 25.7 Å². The van der Waals surface area contributed by atoms with Crippen LogP contribution in [0, 0.1) is 0 Å². The monoisotopic (exact) mass is 335 g/mol. The molecule has 0 amide bonds. The van der Waals surface area contributed by atoms with E-state index < -0.39 is 0 Å². The van der Waals surface area contributed by atoms with Crippen molar-refractivity contribution in [2.75, 3.05) is 36.0 Å². The molecule has 0 spiro atoms. The number of aromatic nitrogens is 5. The minimum absolute atomic E-state index is 0.637. The third kappa shape index (κ3) is 2.50. The van der Waals surface area contributed by atoms with Crippen molar-refractivity contribution in [3.63, 3.8) is 0 Å². The lowest BCUT2D eigenvalue weighted by molar-refractivity contribution is 0.829. The predicted molar refractivity (Wildman–Crippen MR) is 96.9 cm³/mol. The Hall–Kier alpha value is -2.70. The van der Waals surface area contributed by atoms with E-state index in [1.807, 2.05) is 22.6 Å². The molecule has 0 N–H and O–H groups in total. The van der Waals surface area contributed by atoms with Crippen LogP contribution in [0.2, 0.25) is 0 Å². The first-order valence-electron chi connectivity index (χ1n) is 9.09. The van der Waals surface area contributed by atoms with E-state index >= 15 is 0 Å². The number of hydrogen-bond donors (Lipinski definition) is 0. The first-order valence-corrected chi connectivity index (χ1v) is 9.09. The number of benzene rings is 1. The fraction of sp³-hybridized carbons (Fsp3) is 0.444. The van der Waals surface area contributed by atoms with Gasteiger partial charge in [0, 0.05) is 31.7 Å². The van der Waals surface area contributed by atoms with Crippen LogP contribution < -0.4 is 9.80 Å². The molecule has 7 heteroatoms. The van der Waals surface area contributed by atoms with Gasteiger partial charge in [-0.3, -0.25) is 0 Å². The molecule has 7 nitrogen and oxygen atoms in total. The highest BCUT2D eigenvalue weighted by atomic mass is 15.4. The van der Waals surface area contributed by atoms with E-state index in [0.717, 1.165) is 49.5 Å². The molecule has 2 aliphatic heterocycles. The Morgan fingerprint density at radius 2 is 1.40 bits per heavy atom. The maximum Gasteiger partial charge on any atom is 0.261 e. The van der Waals surface area contributed by atoms with Crippen LogP contribution in [-0.2, 0) is 0 Å². The smallest absolute Gasteiger partial charge is 0.261 e. The molecule has 3 aromatic rings. The van der Waals surface area contributed by atoms with E-state index in [0.29, 0.717) is 5.78 Å². The molecular formula is C18H21N7. The molecule has 0 radical (unpaired) electrons. The summed E-state index contributed by atoms with van der Waals surface area (Å²) in [5.41, 5.74) is 1.04. The van der Waals surface area contributed by atoms with Crippen LogP contribution >= 0.6 is 0 Å². The molecule has 2 fully saturated rings. The highest BCUT2D eigenvalue weighted by molar-refractivity contribution is 5.62. The average Bonchev–Trinajstić information content (AvgIpc) is 3.42. The van der Waals surface area contributed by atoms with E-state index in [-0.39, 0.29) is 0 Å². The van der Waals surface area contributed by atoms with E-state index in [2.05, 4.69) is 32.1 Å². The van der Waals surface area contributed by atoms with Gasteiger partial charge >= 0.3 is 0 Å². The molecule has 1 aromatic carbocycles. The maximum atomic E-state index is 4.95. The molecule has 2 aromatic heterocycles. The normalized spacial score (nSPS) is 17.8. The topological polar surface area (TPSA) is 62.5 Å². The highest BCUT2D eigenvalue weighted by Gasteiger charge is 2.24. The standard InChI is InChI=1S/C18H21N7/c1-2-8-14(9-3-1)15-21-22-17-19-16(23-10-4-5-11-23)20-18(25(15)17)24-12-6-7-13-24/h1-3,8-9H,4-7,10-13H2. The Labute approximate surface area is 146 Å². The summed E-state index contributed by atoms with van der Waals surface area (Å²) in [4.78, 5) is 14.3. The van der Waals surface area contributed by atoms with Gasteiger partial charge in [0.05, 0.1) is 0 Å². The Morgan fingerprint density at radius 3 is 2.12 bits per heavy atom. The first-order chi connectivity index (χ1) is 12.4. The molecule has 128 valence electrons. The highest BCUT2D eigenvalue weighted by Crippen LogP contribution is 2.27. The summed E-state index contributed by atoms with van der Waals surface area (Å²) in [6.45, 7) is 4.10. The minimum Gasteiger partial charge on any atom is -0.342 e. The van der Waals surface area contributed by atoms with Gasteiger partial charge in [-0.25, -0.2) is 4.40 Å². The summed E-state index contributed by atoms with van der Waals surface area (Å²) in [6.07, 6.45) is 4.81. The van der Waals surface area contributed by atoms with Crippen molar-refractivity contribution in [1.29, 1.82) is 0 Å². The number of hydrogen-bond acceptors (Lipinski definition) is 6. The first kappa shape index (κ1) is 14.6. The van der Waals surface area contributed by atoms with Crippen molar-refractivity contribution in [3.8, 4) is 11.4 Å². The molecule has 4 heterocycles. The second-order valence-electron chi connectivity index (χ2n) is 6.74. The van der Waals surface area contributed by atoms with Crippen molar-refractivity contribution < 1.29 is 0 Å². The third-order valence-corrected chi connectivity index (χ3v) is 5.06. The quantitative estimate of drug-likeness (QED) is 0.732. The second kappa shape index (κ2) is 5.98. The maximum absolute atomic E-state index is 4.95. The molecule has 2 saturated heterocycles. The van der Waals surface area contributed by atoms with Gasteiger partial charge < -0.3 is 9.80 Å². The van der Waals surface area contributed by atoms with Crippen molar-refractivity contribution in [2.24, 2.45) is 0 Å². The van der Waals surface area contributed by atoms with Crippen molar-refractivity contribution in [1.82, 2.24) is 24.6 Å². The van der Waals surface area contributed by atoms with Gasteiger partial charge in [-0.15, -0.1) is 10.2 Å². The van der Waals surface area contributed by atoms with Gasteiger partial charge in [0.25, 0.3) is 5.78 Å². The summed E-state index contributed by atoms with van der Waals surface area (Å²) >= 11 is 0. The van der Waals surface area contributed by atoms with Crippen LogP contribution in [0.4, 0.5) is 11.9 Å². The molecule has 0 atom stereocenters. The lowest BCUT2D eigenvalue weighted by Gasteiger charge is -2.21. The van der Waals surface area contributed by atoms with E-state index in [4.69, 9.17) is 9.97 Å². The molecule has 5 rings (SSSR count). The number of rotatable bonds is 3. The zero-order valence-corrected chi connectivity index (χ0v) is 14.2. The summed E-state index contributed by atoms with van der Waals surface area (Å²) in [6, 6.07) is 10.2. The van der Waals surface area contributed by atoms with E-state index in [9.17, 15) is 0 Å². The van der Waals surface area contributed by atoms with Crippen LogP contribution in [-0.4, -0.2) is 50.7 Å². The lowest BCUT2D eigenvalue weighted by atomic mass is 10.2. The Kier molecular flexibility index (Phi) is 3.50. The summed E-state index contributed by atoms with van der Waals surface area (Å²) in [5.74, 6) is 3.16. The van der Waals surface area contributed by atoms with Gasteiger partial charge in [0.2, 0.25) is 11.9 Å². The third-order valence-electron chi connectivity index (χ3n) is 5.06. The predicted octanol–water partition coefficient (Wildman–Crippen LogP) is 2.39. The summed E-state index contributed by atoms with van der Waals surface area (Å²) in [5, 5.41) is 8.80. The van der Waals surface area contributed by atoms with Crippen molar-refractivity contribution in [2.45, 2.75) is 25.7 Å². The second-order valence-corrected chi connectivity index (χ2v) is 6.74. The van der Waals surface area contributed by atoms with Gasteiger partial charge in [-0.2, -0.15) is 9.97 Å². The molecular weight excluding hydrogens is 314 g/mol. The lowest BCUT2D eigenvalue weighted by Crippen LogP contribution is -2.26. The van der Waals surface area contributed by atoms with Gasteiger partial charge in [0.15, 0.2) is 5.82 Å². The molecule has 2 aliphatic rings. The van der Waals surface area contributed by atoms with Crippen LogP contribution in [0.3, 0.4) is 0 Å². The molecule has 0 aliphatic carbocycles. The van der Waals surface area contributed by atoms with Crippen LogP contribution in [0.25, 0.3) is 17.2 Å². The molecule has 0 bridgehead atoms. The summed E-state index contributed by atoms with van der Waals surface area (Å²) in [7, 11) is 0. The van der Waals surface area contributed by atoms with Crippen LogP contribution in [0.1, 0.15) is 25.7 Å². The number of nitrogens with zero attached hydrogens (tertiary/aromatic N) is 7. The average molecular weight is 335 g/mol. The minimum atomic E-state index is 0.637. The van der Waals surface area contributed by atoms with Crippen LogP contribution in [0.5, 0.6) is 0 Å². The number of fused-ring (bicyclic) bond motifs is 1. The van der Waals surface area contributed by atoms with Gasteiger partial charge in [0.1, 0.15) is 0 Å². The molecule has 25 heavy (non-hydrogen) atoms. The largest absolute Gasteiger partial charge is 0.342 e. The van der Waals surface area contributed by atoms with Crippen molar-refractivity contribution >= 4 is 17.7 Å². The SMILES string of the molecule is c1ccc(-c2nnc3nc(N4CCCC4)nc(N4CCCC4)n23)cc1. The van der Waals surface area contributed by atoms with Crippen molar-refractivity contribution in [3.05, 3.63) is 30.3 Å². The fourth-order valence-electron chi connectivity index (χ4n) is 3.75. The van der Waals surface area contributed by atoms with Gasteiger partial charge in [-0.1, -0.05) is 30.3 Å². The van der Waals surface area contributed by atoms with Crippen LogP contribution in [0.15, 0.2) is 30.3 Å². The van der Waals surface area contributed by atoms with E-state index in [1.54, 1.807) is 0 Å². The molecule has 0 unspecified atom stereocenters. The zero-order valence-electron chi connectivity index (χ0n) is 14.2. The Bertz CT molecular complexity index is 877. The van der Waals surface area contributed by atoms with Gasteiger partial charge in [-0.05, 0) is 25.7 Å². The fourth-order valence-corrected chi connectivity index (χ4v) is 3.75. The summed E-state index contributed by atoms with van der Waals surface area (Å²) < 4.78 is 2.01. The zero-order chi connectivity index (χ0) is 16.6.